The smallest absolute Gasteiger partial charge is 0.301 e. The SMILES string of the molecule is Cc1ccc(C)c(C(O)=C2C(=O)C(=O)N(c3nnc(SCc4ccccc4)s3)C2c2ccc(C(C)(C)C)cc2)c1. The van der Waals surface area contributed by atoms with Crippen LogP contribution in [-0.4, -0.2) is 27.0 Å². The number of anilines is 1. The molecule has 1 aliphatic rings. The van der Waals surface area contributed by atoms with Gasteiger partial charge in [0.05, 0.1) is 11.6 Å². The minimum Gasteiger partial charge on any atom is -0.507 e. The molecule has 1 amide bonds. The molecule has 204 valence electrons. The number of aliphatic hydroxyl groups excluding tert-OH is 1. The van der Waals surface area contributed by atoms with Gasteiger partial charge >= 0.3 is 5.91 Å². The molecule has 1 unspecified atom stereocenters. The van der Waals surface area contributed by atoms with Crippen molar-refractivity contribution in [1.82, 2.24) is 10.2 Å². The Labute approximate surface area is 242 Å². The third-order valence-electron chi connectivity index (χ3n) is 6.99. The minimum absolute atomic E-state index is 0.0518. The summed E-state index contributed by atoms with van der Waals surface area (Å²) < 4.78 is 0.692. The summed E-state index contributed by atoms with van der Waals surface area (Å²) in [6, 6.07) is 22.7. The van der Waals surface area contributed by atoms with E-state index in [1.165, 1.54) is 28.0 Å². The average Bonchev–Trinajstić information content (AvgIpc) is 3.50. The van der Waals surface area contributed by atoms with E-state index in [9.17, 15) is 14.7 Å². The molecule has 0 bridgehead atoms. The predicted octanol–water partition coefficient (Wildman–Crippen LogP) is 7.37. The number of benzene rings is 3. The van der Waals surface area contributed by atoms with Crippen molar-refractivity contribution in [2.45, 2.75) is 56.2 Å². The van der Waals surface area contributed by atoms with Gasteiger partial charge in [-0.2, -0.15) is 0 Å². The first kappa shape index (κ1) is 27.8. The van der Waals surface area contributed by atoms with Crippen LogP contribution in [0.1, 0.15) is 60.2 Å². The second kappa shape index (κ2) is 11.0. The van der Waals surface area contributed by atoms with E-state index in [1.54, 1.807) is 0 Å². The van der Waals surface area contributed by atoms with Crippen molar-refractivity contribution in [2.75, 3.05) is 4.90 Å². The lowest BCUT2D eigenvalue weighted by atomic mass is 9.85. The zero-order valence-electron chi connectivity index (χ0n) is 23.1. The maximum atomic E-state index is 13.6. The van der Waals surface area contributed by atoms with Crippen molar-refractivity contribution in [3.8, 4) is 0 Å². The molecule has 0 radical (unpaired) electrons. The second-order valence-electron chi connectivity index (χ2n) is 11.0. The predicted molar refractivity (Wildman–Crippen MR) is 162 cm³/mol. The van der Waals surface area contributed by atoms with Crippen LogP contribution in [-0.2, 0) is 20.8 Å². The van der Waals surface area contributed by atoms with E-state index in [0.29, 0.717) is 26.4 Å². The molecule has 1 aliphatic heterocycles. The van der Waals surface area contributed by atoms with Crippen LogP contribution < -0.4 is 4.90 Å². The first-order valence-corrected chi connectivity index (χ1v) is 14.8. The number of aliphatic hydroxyl groups is 1. The third kappa shape index (κ3) is 5.46. The van der Waals surface area contributed by atoms with Crippen molar-refractivity contribution >= 4 is 45.7 Å². The van der Waals surface area contributed by atoms with Gasteiger partial charge in [0.2, 0.25) is 5.13 Å². The fraction of sp³-hybridized carbons (Fsp3) is 0.250. The van der Waals surface area contributed by atoms with Crippen LogP contribution >= 0.6 is 23.1 Å². The summed E-state index contributed by atoms with van der Waals surface area (Å²) >= 11 is 2.79. The highest BCUT2D eigenvalue weighted by Gasteiger charge is 2.48. The number of nitrogens with zero attached hydrogens (tertiary/aromatic N) is 3. The molecule has 3 aromatic carbocycles. The molecule has 5 rings (SSSR count). The molecule has 0 spiro atoms. The van der Waals surface area contributed by atoms with E-state index in [-0.39, 0.29) is 16.7 Å². The quantitative estimate of drug-likeness (QED) is 0.0858. The largest absolute Gasteiger partial charge is 0.507 e. The summed E-state index contributed by atoms with van der Waals surface area (Å²) in [4.78, 5) is 28.5. The lowest BCUT2D eigenvalue weighted by Gasteiger charge is -2.24. The fourth-order valence-electron chi connectivity index (χ4n) is 4.72. The number of aromatic nitrogens is 2. The zero-order chi connectivity index (χ0) is 28.6. The molecular weight excluding hydrogens is 539 g/mol. The van der Waals surface area contributed by atoms with Gasteiger partial charge in [-0.25, -0.2) is 0 Å². The maximum Gasteiger partial charge on any atom is 0.301 e. The molecule has 2 heterocycles. The summed E-state index contributed by atoms with van der Waals surface area (Å²) in [6.45, 7) is 10.2. The second-order valence-corrected chi connectivity index (χ2v) is 13.2. The topological polar surface area (TPSA) is 83.4 Å². The molecule has 40 heavy (non-hydrogen) atoms. The van der Waals surface area contributed by atoms with Crippen molar-refractivity contribution in [3.05, 3.63) is 112 Å². The van der Waals surface area contributed by atoms with E-state index in [2.05, 4.69) is 31.0 Å². The third-order valence-corrected chi connectivity index (χ3v) is 9.12. The van der Waals surface area contributed by atoms with Crippen LogP contribution in [0.5, 0.6) is 0 Å². The van der Waals surface area contributed by atoms with Crippen LogP contribution in [0.2, 0.25) is 0 Å². The van der Waals surface area contributed by atoms with Gasteiger partial charge in [-0.15, -0.1) is 10.2 Å². The Kier molecular flexibility index (Phi) is 7.66. The van der Waals surface area contributed by atoms with Crippen LogP contribution in [0.25, 0.3) is 5.76 Å². The number of rotatable bonds is 6. The van der Waals surface area contributed by atoms with Crippen molar-refractivity contribution < 1.29 is 14.7 Å². The van der Waals surface area contributed by atoms with Crippen LogP contribution in [0.3, 0.4) is 0 Å². The number of ketones is 1. The Morgan fingerprint density at radius 2 is 1.68 bits per heavy atom. The van der Waals surface area contributed by atoms with Gasteiger partial charge in [-0.1, -0.05) is 116 Å². The molecule has 1 aromatic heterocycles. The molecule has 1 saturated heterocycles. The summed E-state index contributed by atoms with van der Waals surface area (Å²) in [5.41, 5.74) is 5.26. The summed E-state index contributed by atoms with van der Waals surface area (Å²) in [6.07, 6.45) is 0. The molecular formula is C32H31N3O3S2. The van der Waals surface area contributed by atoms with E-state index in [1.807, 2.05) is 86.6 Å². The summed E-state index contributed by atoms with van der Waals surface area (Å²) in [5, 5.41) is 20.5. The molecule has 0 aliphatic carbocycles. The van der Waals surface area contributed by atoms with E-state index < -0.39 is 17.7 Å². The van der Waals surface area contributed by atoms with Crippen molar-refractivity contribution in [2.24, 2.45) is 0 Å². The molecule has 1 fully saturated rings. The molecule has 4 aromatic rings. The molecule has 1 N–H and O–H groups in total. The number of hydrogen-bond acceptors (Lipinski definition) is 7. The number of carbonyl (C=O) groups excluding carboxylic acids is 2. The van der Waals surface area contributed by atoms with Gasteiger partial charge in [-0.3, -0.25) is 14.5 Å². The molecule has 8 heteroatoms. The van der Waals surface area contributed by atoms with Gasteiger partial charge in [0.15, 0.2) is 4.34 Å². The number of amides is 1. The molecule has 1 atom stereocenters. The van der Waals surface area contributed by atoms with Crippen molar-refractivity contribution in [3.63, 3.8) is 0 Å². The average molecular weight is 570 g/mol. The standard InChI is InChI=1S/C32H31N3O3S2/c1-19-11-12-20(2)24(17-19)27(36)25-26(22-13-15-23(16-14-22)32(3,4)5)35(29(38)28(25)37)30-33-34-31(40-30)39-18-21-9-7-6-8-10-21/h6-17,26,36H,18H2,1-5H3. The normalized spacial score (nSPS) is 17.0. The van der Waals surface area contributed by atoms with Gasteiger partial charge in [-0.05, 0) is 47.6 Å². The van der Waals surface area contributed by atoms with E-state index in [4.69, 9.17) is 0 Å². The van der Waals surface area contributed by atoms with Crippen LogP contribution in [0.4, 0.5) is 5.13 Å². The highest BCUT2D eigenvalue weighted by molar-refractivity contribution is 8.00. The maximum absolute atomic E-state index is 13.6. The minimum atomic E-state index is -0.839. The lowest BCUT2D eigenvalue weighted by molar-refractivity contribution is -0.132. The Morgan fingerprint density at radius 3 is 2.35 bits per heavy atom. The lowest BCUT2D eigenvalue weighted by Crippen LogP contribution is -2.29. The van der Waals surface area contributed by atoms with Crippen molar-refractivity contribution in [1.29, 1.82) is 0 Å². The van der Waals surface area contributed by atoms with E-state index in [0.717, 1.165) is 22.3 Å². The Bertz CT molecular complexity index is 1600. The fourth-order valence-corrected chi connectivity index (χ4v) is 6.55. The number of aryl methyl sites for hydroxylation is 2. The van der Waals surface area contributed by atoms with Gasteiger partial charge in [0.1, 0.15) is 5.76 Å². The molecule has 0 saturated carbocycles. The number of Topliss-reactive ketones (excluding diaryl/α,β-unsaturated/α-hetero) is 1. The van der Waals surface area contributed by atoms with E-state index >= 15 is 0 Å². The summed E-state index contributed by atoms with van der Waals surface area (Å²) in [5.74, 6) is -0.946. The molecule has 6 nitrogen and oxygen atoms in total. The number of carbonyl (C=O) groups is 2. The monoisotopic (exact) mass is 569 g/mol. The first-order valence-electron chi connectivity index (χ1n) is 13.0. The Balaban J connectivity index is 1.59. The van der Waals surface area contributed by atoms with Gasteiger partial charge < -0.3 is 5.11 Å². The Morgan fingerprint density at radius 1 is 0.975 bits per heavy atom. The van der Waals surface area contributed by atoms with Gasteiger partial charge in [0, 0.05) is 11.3 Å². The summed E-state index contributed by atoms with van der Waals surface area (Å²) in [7, 11) is 0. The number of thioether (sulfide) groups is 1. The van der Waals surface area contributed by atoms with Crippen LogP contribution in [0.15, 0.2) is 82.7 Å². The zero-order valence-corrected chi connectivity index (χ0v) is 24.8. The highest BCUT2D eigenvalue weighted by Crippen LogP contribution is 2.44. The highest BCUT2D eigenvalue weighted by atomic mass is 32.2. The first-order chi connectivity index (χ1) is 19.0. The number of hydrogen-bond donors (Lipinski definition) is 1. The van der Waals surface area contributed by atoms with Gasteiger partial charge in [0.25, 0.3) is 5.78 Å². The van der Waals surface area contributed by atoms with Crippen LogP contribution in [0, 0.1) is 13.8 Å². The Hall–Kier alpha value is -3.75.